The standard InChI is InChI=1S/C15H19NO/c1-13(8-10-16)14(2)9-11-17-12-15-6-4-3-5-7-15/h3-8,14H,9,11-12H2,1-2H3/b13-8+/t14-/m0/s1. The Morgan fingerprint density at radius 1 is 1.41 bits per heavy atom. The molecule has 0 spiro atoms. The Labute approximate surface area is 104 Å². The summed E-state index contributed by atoms with van der Waals surface area (Å²) in [6.45, 7) is 5.50. The lowest BCUT2D eigenvalue weighted by Gasteiger charge is -2.11. The van der Waals surface area contributed by atoms with Gasteiger partial charge in [0.2, 0.25) is 0 Å². The molecule has 0 fully saturated rings. The van der Waals surface area contributed by atoms with Crippen molar-refractivity contribution >= 4 is 0 Å². The molecule has 0 aliphatic rings. The zero-order valence-electron chi connectivity index (χ0n) is 10.5. The number of allylic oxidation sites excluding steroid dienone is 2. The molecule has 0 bridgehead atoms. The first kappa shape index (κ1) is 13.5. The molecule has 0 aromatic heterocycles. The van der Waals surface area contributed by atoms with Crippen LogP contribution in [-0.2, 0) is 11.3 Å². The number of benzene rings is 1. The highest BCUT2D eigenvalue weighted by Crippen LogP contribution is 2.13. The molecule has 0 N–H and O–H groups in total. The van der Waals surface area contributed by atoms with Crippen LogP contribution < -0.4 is 0 Å². The summed E-state index contributed by atoms with van der Waals surface area (Å²) < 4.78 is 5.61. The van der Waals surface area contributed by atoms with Crippen LogP contribution in [-0.4, -0.2) is 6.61 Å². The molecule has 1 rings (SSSR count). The number of hydrogen-bond acceptors (Lipinski definition) is 2. The van der Waals surface area contributed by atoms with Gasteiger partial charge in [-0.3, -0.25) is 0 Å². The van der Waals surface area contributed by atoms with Crippen molar-refractivity contribution in [1.29, 1.82) is 5.26 Å². The van der Waals surface area contributed by atoms with Crippen molar-refractivity contribution in [1.82, 2.24) is 0 Å². The fraction of sp³-hybridized carbons (Fsp3) is 0.400. The molecule has 0 radical (unpaired) electrons. The fourth-order valence-corrected chi connectivity index (χ4v) is 1.50. The van der Waals surface area contributed by atoms with Crippen LogP contribution in [0.3, 0.4) is 0 Å². The Morgan fingerprint density at radius 3 is 2.76 bits per heavy atom. The monoisotopic (exact) mass is 229 g/mol. The zero-order chi connectivity index (χ0) is 12.5. The minimum atomic E-state index is 0.408. The van der Waals surface area contributed by atoms with Gasteiger partial charge in [-0.25, -0.2) is 0 Å². The second kappa shape index (κ2) is 7.65. The van der Waals surface area contributed by atoms with Crippen LogP contribution in [0, 0.1) is 17.2 Å². The lowest BCUT2D eigenvalue weighted by atomic mass is 9.99. The van der Waals surface area contributed by atoms with Crippen LogP contribution >= 0.6 is 0 Å². The maximum atomic E-state index is 8.55. The first-order valence-corrected chi connectivity index (χ1v) is 5.92. The Balaban J connectivity index is 2.21. The van der Waals surface area contributed by atoms with Gasteiger partial charge in [0.15, 0.2) is 0 Å². The molecule has 0 aliphatic carbocycles. The van der Waals surface area contributed by atoms with Gasteiger partial charge in [-0.15, -0.1) is 0 Å². The molecule has 1 atom stereocenters. The second-order valence-electron chi connectivity index (χ2n) is 4.25. The molecule has 1 aromatic rings. The van der Waals surface area contributed by atoms with Crippen molar-refractivity contribution in [3.8, 4) is 6.07 Å². The van der Waals surface area contributed by atoms with Gasteiger partial charge in [0, 0.05) is 12.7 Å². The third-order valence-electron chi connectivity index (χ3n) is 2.88. The molecule has 0 saturated carbocycles. The summed E-state index contributed by atoms with van der Waals surface area (Å²) in [7, 11) is 0. The van der Waals surface area contributed by atoms with Gasteiger partial charge in [-0.1, -0.05) is 42.8 Å². The van der Waals surface area contributed by atoms with Gasteiger partial charge in [0.1, 0.15) is 0 Å². The van der Waals surface area contributed by atoms with Gasteiger partial charge in [-0.2, -0.15) is 5.26 Å². The van der Waals surface area contributed by atoms with Crippen molar-refractivity contribution in [3.05, 3.63) is 47.5 Å². The van der Waals surface area contributed by atoms with Crippen molar-refractivity contribution in [2.45, 2.75) is 26.9 Å². The Hall–Kier alpha value is -1.59. The van der Waals surface area contributed by atoms with Crippen LogP contribution in [0.4, 0.5) is 0 Å². The Morgan fingerprint density at radius 2 is 2.12 bits per heavy atom. The molecule has 90 valence electrons. The molecule has 0 heterocycles. The first-order valence-electron chi connectivity index (χ1n) is 5.92. The van der Waals surface area contributed by atoms with Crippen LogP contribution in [0.5, 0.6) is 0 Å². The number of nitrogens with zero attached hydrogens (tertiary/aromatic N) is 1. The van der Waals surface area contributed by atoms with E-state index >= 15 is 0 Å². The highest BCUT2D eigenvalue weighted by atomic mass is 16.5. The summed E-state index contributed by atoms with van der Waals surface area (Å²) in [5.74, 6) is 0.408. The minimum absolute atomic E-state index is 0.408. The highest BCUT2D eigenvalue weighted by molar-refractivity contribution is 5.14. The number of nitriles is 1. The van der Waals surface area contributed by atoms with Gasteiger partial charge in [0.25, 0.3) is 0 Å². The topological polar surface area (TPSA) is 33.0 Å². The van der Waals surface area contributed by atoms with E-state index in [0.717, 1.165) is 18.6 Å². The Bertz CT molecular complexity index is 389. The van der Waals surface area contributed by atoms with Gasteiger partial charge >= 0.3 is 0 Å². The summed E-state index contributed by atoms with van der Waals surface area (Å²) >= 11 is 0. The molecule has 1 aromatic carbocycles. The number of ether oxygens (including phenoxy) is 1. The summed E-state index contributed by atoms with van der Waals surface area (Å²) in [4.78, 5) is 0. The molecular formula is C15H19NO. The molecular weight excluding hydrogens is 210 g/mol. The summed E-state index contributed by atoms with van der Waals surface area (Å²) in [5, 5.41) is 8.55. The van der Waals surface area contributed by atoms with E-state index in [-0.39, 0.29) is 0 Å². The van der Waals surface area contributed by atoms with Crippen molar-refractivity contribution < 1.29 is 4.74 Å². The zero-order valence-corrected chi connectivity index (χ0v) is 10.5. The molecule has 0 saturated heterocycles. The molecule has 0 unspecified atom stereocenters. The van der Waals surface area contributed by atoms with Crippen LogP contribution in [0.25, 0.3) is 0 Å². The van der Waals surface area contributed by atoms with Gasteiger partial charge in [0.05, 0.1) is 12.7 Å². The Kier molecular flexibility index (Phi) is 6.06. The van der Waals surface area contributed by atoms with E-state index in [0.29, 0.717) is 12.5 Å². The van der Waals surface area contributed by atoms with E-state index in [1.54, 1.807) is 6.08 Å². The summed E-state index contributed by atoms with van der Waals surface area (Å²) in [6.07, 6.45) is 2.57. The normalized spacial score (nSPS) is 13.1. The summed E-state index contributed by atoms with van der Waals surface area (Å²) in [5.41, 5.74) is 2.32. The lowest BCUT2D eigenvalue weighted by Crippen LogP contribution is -2.03. The SMILES string of the molecule is C/C(=C\C#N)[C@@H](C)CCOCc1ccccc1. The molecule has 2 heteroatoms. The van der Waals surface area contributed by atoms with Crippen LogP contribution in [0.1, 0.15) is 25.8 Å². The molecule has 0 aliphatic heterocycles. The van der Waals surface area contributed by atoms with Crippen molar-refractivity contribution in [3.63, 3.8) is 0 Å². The maximum Gasteiger partial charge on any atom is 0.0911 e. The highest BCUT2D eigenvalue weighted by Gasteiger charge is 2.03. The average molecular weight is 229 g/mol. The second-order valence-corrected chi connectivity index (χ2v) is 4.25. The minimum Gasteiger partial charge on any atom is -0.377 e. The third kappa shape index (κ3) is 5.33. The number of rotatable bonds is 6. The van der Waals surface area contributed by atoms with Crippen molar-refractivity contribution in [2.75, 3.05) is 6.61 Å². The smallest absolute Gasteiger partial charge is 0.0911 e. The van der Waals surface area contributed by atoms with Crippen molar-refractivity contribution in [2.24, 2.45) is 5.92 Å². The lowest BCUT2D eigenvalue weighted by molar-refractivity contribution is 0.112. The van der Waals surface area contributed by atoms with Gasteiger partial charge < -0.3 is 4.74 Å². The van der Waals surface area contributed by atoms with Crippen LogP contribution in [0.2, 0.25) is 0 Å². The quantitative estimate of drug-likeness (QED) is 0.550. The number of hydrogen-bond donors (Lipinski definition) is 0. The van der Waals surface area contributed by atoms with Crippen LogP contribution in [0.15, 0.2) is 42.0 Å². The molecule has 2 nitrogen and oxygen atoms in total. The fourth-order valence-electron chi connectivity index (χ4n) is 1.50. The predicted octanol–water partition coefficient (Wildman–Crippen LogP) is 3.70. The van der Waals surface area contributed by atoms with E-state index in [2.05, 4.69) is 25.1 Å². The maximum absolute atomic E-state index is 8.55. The molecule has 0 amide bonds. The van der Waals surface area contributed by atoms with Gasteiger partial charge in [-0.05, 0) is 24.8 Å². The van der Waals surface area contributed by atoms with E-state index in [9.17, 15) is 0 Å². The summed E-state index contributed by atoms with van der Waals surface area (Å²) in [6, 6.07) is 12.2. The van der Waals surface area contributed by atoms with E-state index < -0.39 is 0 Å². The van der Waals surface area contributed by atoms with E-state index in [1.165, 1.54) is 5.56 Å². The average Bonchev–Trinajstić information content (AvgIpc) is 2.36. The molecule has 17 heavy (non-hydrogen) atoms. The van der Waals surface area contributed by atoms with E-state index in [1.807, 2.05) is 25.1 Å². The van der Waals surface area contributed by atoms with E-state index in [4.69, 9.17) is 10.00 Å². The third-order valence-corrected chi connectivity index (χ3v) is 2.88. The predicted molar refractivity (Wildman–Crippen MR) is 69.2 cm³/mol. The first-order chi connectivity index (χ1) is 8.24. The largest absolute Gasteiger partial charge is 0.377 e.